The predicted octanol–water partition coefficient (Wildman–Crippen LogP) is 4.54. The van der Waals surface area contributed by atoms with Crippen molar-refractivity contribution in [2.75, 3.05) is 5.32 Å². The molecule has 0 aliphatic carbocycles. The van der Waals surface area contributed by atoms with Gasteiger partial charge in [0.15, 0.2) is 5.69 Å². The summed E-state index contributed by atoms with van der Waals surface area (Å²) in [6, 6.07) is 3.90. The number of benzene rings is 1. The molecule has 0 bridgehead atoms. The van der Waals surface area contributed by atoms with E-state index >= 15 is 0 Å². The number of rotatable bonds is 4. The standard InChI is InChI=1S/C17H15Cl2FN4O2/c1-8-15(19)9(2)24(22-8)7-12-10(3)26-23-16(12)17(25)21-11-4-5-14(20)13(18)6-11/h4-6H,7H2,1-3H3,(H,21,25). The van der Waals surface area contributed by atoms with Crippen molar-refractivity contribution in [3.05, 3.63) is 62.5 Å². The number of hydrogen-bond donors (Lipinski definition) is 1. The van der Waals surface area contributed by atoms with Crippen molar-refractivity contribution in [2.24, 2.45) is 0 Å². The molecule has 3 aromatic rings. The van der Waals surface area contributed by atoms with Crippen LogP contribution in [0.2, 0.25) is 10.0 Å². The minimum Gasteiger partial charge on any atom is -0.361 e. The highest BCUT2D eigenvalue weighted by molar-refractivity contribution is 6.32. The first-order chi connectivity index (χ1) is 12.3. The summed E-state index contributed by atoms with van der Waals surface area (Å²) in [5, 5.41) is 11.3. The fourth-order valence-electron chi connectivity index (χ4n) is 2.50. The normalized spacial score (nSPS) is 11.0. The molecule has 0 aliphatic rings. The summed E-state index contributed by atoms with van der Waals surface area (Å²) < 4.78 is 20.1. The van der Waals surface area contributed by atoms with Gasteiger partial charge < -0.3 is 9.84 Å². The quantitative estimate of drug-likeness (QED) is 0.702. The molecule has 0 fully saturated rings. The van der Waals surface area contributed by atoms with Gasteiger partial charge in [-0.2, -0.15) is 5.10 Å². The Bertz CT molecular complexity index is 997. The maximum atomic E-state index is 13.2. The Morgan fingerprint density at radius 2 is 2.04 bits per heavy atom. The Hall–Kier alpha value is -2.38. The van der Waals surface area contributed by atoms with E-state index < -0.39 is 11.7 Å². The Morgan fingerprint density at radius 3 is 2.65 bits per heavy atom. The van der Waals surface area contributed by atoms with E-state index in [0.717, 1.165) is 5.69 Å². The minimum atomic E-state index is -0.566. The molecule has 0 radical (unpaired) electrons. The molecule has 2 heterocycles. The molecule has 0 saturated heterocycles. The molecule has 1 aromatic carbocycles. The molecule has 0 saturated carbocycles. The van der Waals surface area contributed by atoms with E-state index in [2.05, 4.69) is 15.6 Å². The van der Waals surface area contributed by atoms with E-state index in [1.807, 2.05) is 6.92 Å². The summed E-state index contributed by atoms with van der Waals surface area (Å²) >= 11 is 11.9. The predicted molar refractivity (Wildman–Crippen MR) is 96.4 cm³/mol. The van der Waals surface area contributed by atoms with E-state index in [4.69, 9.17) is 27.7 Å². The van der Waals surface area contributed by atoms with Crippen LogP contribution in [-0.2, 0) is 6.54 Å². The van der Waals surface area contributed by atoms with Gasteiger partial charge in [0.05, 0.1) is 28.0 Å². The average Bonchev–Trinajstić information content (AvgIpc) is 3.07. The lowest BCUT2D eigenvalue weighted by molar-refractivity contribution is 0.101. The van der Waals surface area contributed by atoms with Gasteiger partial charge in [0.25, 0.3) is 5.91 Å². The van der Waals surface area contributed by atoms with Crippen LogP contribution in [-0.4, -0.2) is 20.8 Å². The minimum absolute atomic E-state index is 0.0864. The van der Waals surface area contributed by atoms with Crippen LogP contribution in [0.5, 0.6) is 0 Å². The summed E-state index contributed by atoms with van der Waals surface area (Å²) in [4.78, 5) is 12.6. The number of amides is 1. The van der Waals surface area contributed by atoms with Gasteiger partial charge in [-0.25, -0.2) is 4.39 Å². The summed E-state index contributed by atoms with van der Waals surface area (Å²) in [5.74, 6) is -0.563. The lowest BCUT2D eigenvalue weighted by Crippen LogP contribution is -2.16. The second-order valence-corrected chi connectivity index (χ2v) is 6.58. The number of carbonyl (C=O) groups is 1. The average molecular weight is 397 g/mol. The molecule has 26 heavy (non-hydrogen) atoms. The second kappa shape index (κ2) is 7.09. The van der Waals surface area contributed by atoms with Crippen LogP contribution >= 0.6 is 23.2 Å². The van der Waals surface area contributed by atoms with Gasteiger partial charge >= 0.3 is 0 Å². The van der Waals surface area contributed by atoms with Crippen molar-refractivity contribution in [1.82, 2.24) is 14.9 Å². The zero-order valence-electron chi connectivity index (χ0n) is 14.2. The summed E-state index contributed by atoms with van der Waals surface area (Å²) in [5.41, 5.74) is 2.53. The van der Waals surface area contributed by atoms with E-state index in [-0.39, 0.29) is 17.3 Å². The Morgan fingerprint density at radius 1 is 1.31 bits per heavy atom. The number of carbonyl (C=O) groups excluding carboxylic acids is 1. The fraction of sp³-hybridized carbons (Fsp3) is 0.235. The van der Waals surface area contributed by atoms with Crippen molar-refractivity contribution in [1.29, 1.82) is 0 Å². The van der Waals surface area contributed by atoms with Gasteiger partial charge in [0.2, 0.25) is 0 Å². The van der Waals surface area contributed by atoms with E-state index in [1.54, 1.807) is 18.5 Å². The molecule has 9 heteroatoms. The molecule has 0 atom stereocenters. The van der Waals surface area contributed by atoms with Gasteiger partial charge in [-0.05, 0) is 39.0 Å². The van der Waals surface area contributed by atoms with Crippen LogP contribution < -0.4 is 5.32 Å². The van der Waals surface area contributed by atoms with Crippen LogP contribution in [0.25, 0.3) is 0 Å². The molecule has 0 aliphatic heterocycles. The van der Waals surface area contributed by atoms with Crippen molar-refractivity contribution >= 4 is 34.8 Å². The van der Waals surface area contributed by atoms with E-state index in [0.29, 0.717) is 27.7 Å². The monoisotopic (exact) mass is 396 g/mol. The topological polar surface area (TPSA) is 73.0 Å². The number of aryl methyl sites for hydroxylation is 2. The van der Waals surface area contributed by atoms with Crippen molar-refractivity contribution in [3.63, 3.8) is 0 Å². The van der Waals surface area contributed by atoms with Crippen molar-refractivity contribution in [2.45, 2.75) is 27.3 Å². The maximum Gasteiger partial charge on any atom is 0.278 e. The lowest BCUT2D eigenvalue weighted by Gasteiger charge is -2.07. The van der Waals surface area contributed by atoms with Gasteiger partial charge in [-0.1, -0.05) is 28.4 Å². The third-order valence-electron chi connectivity index (χ3n) is 3.98. The molecular weight excluding hydrogens is 382 g/mol. The van der Waals surface area contributed by atoms with Crippen molar-refractivity contribution in [3.8, 4) is 0 Å². The number of hydrogen-bond acceptors (Lipinski definition) is 4. The third kappa shape index (κ3) is 3.45. The number of aromatic nitrogens is 3. The molecule has 6 nitrogen and oxygen atoms in total. The summed E-state index contributed by atoms with van der Waals surface area (Å²) in [6.45, 7) is 5.63. The van der Waals surface area contributed by atoms with Crippen LogP contribution in [0.4, 0.5) is 10.1 Å². The molecule has 0 spiro atoms. The van der Waals surface area contributed by atoms with Crippen LogP contribution in [0.15, 0.2) is 22.7 Å². The summed E-state index contributed by atoms with van der Waals surface area (Å²) in [6.07, 6.45) is 0. The summed E-state index contributed by atoms with van der Waals surface area (Å²) in [7, 11) is 0. The van der Waals surface area contributed by atoms with E-state index in [1.165, 1.54) is 18.2 Å². The molecule has 2 aromatic heterocycles. The maximum absolute atomic E-state index is 13.2. The second-order valence-electron chi connectivity index (χ2n) is 5.79. The number of nitrogens with one attached hydrogen (secondary N) is 1. The van der Waals surface area contributed by atoms with Crippen molar-refractivity contribution < 1.29 is 13.7 Å². The van der Waals surface area contributed by atoms with Gasteiger partial charge in [0, 0.05) is 11.3 Å². The number of anilines is 1. The number of halogens is 3. The third-order valence-corrected chi connectivity index (χ3v) is 4.81. The SMILES string of the molecule is Cc1nn(Cc2c(C(=O)Nc3ccc(F)c(Cl)c3)noc2C)c(C)c1Cl. The van der Waals surface area contributed by atoms with Gasteiger partial charge in [0.1, 0.15) is 11.6 Å². The highest BCUT2D eigenvalue weighted by Gasteiger charge is 2.22. The fourth-order valence-corrected chi connectivity index (χ4v) is 2.81. The molecule has 0 unspecified atom stereocenters. The molecular formula is C17H15Cl2FN4O2. The first-order valence-electron chi connectivity index (χ1n) is 7.69. The highest BCUT2D eigenvalue weighted by atomic mass is 35.5. The van der Waals surface area contributed by atoms with Gasteiger partial charge in [-0.3, -0.25) is 9.48 Å². The molecule has 3 rings (SSSR count). The first-order valence-corrected chi connectivity index (χ1v) is 8.44. The smallest absolute Gasteiger partial charge is 0.278 e. The highest BCUT2D eigenvalue weighted by Crippen LogP contribution is 2.24. The Labute approximate surface area is 158 Å². The van der Waals surface area contributed by atoms with Crippen LogP contribution in [0.1, 0.15) is 33.2 Å². The van der Waals surface area contributed by atoms with Crippen LogP contribution in [0.3, 0.4) is 0 Å². The lowest BCUT2D eigenvalue weighted by atomic mass is 10.1. The largest absolute Gasteiger partial charge is 0.361 e. The molecule has 1 amide bonds. The first kappa shape index (κ1) is 18.4. The van der Waals surface area contributed by atoms with Crippen LogP contribution in [0, 0.1) is 26.6 Å². The molecule has 136 valence electrons. The van der Waals surface area contributed by atoms with Gasteiger partial charge in [-0.15, -0.1) is 0 Å². The van der Waals surface area contributed by atoms with E-state index in [9.17, 15) is 9.18 Å². The number of nitrogens with zero attached hydrogens (tertiary/aromatic N) is 3. The zero-order chi connectivity index (χ0) is 19.0. The zero-order valence-corrected chi connectivity index (χ0v) is 15.7. The Balaban J connectivity index is 1.88. The Kier molecular flexibility index (Phi) is 5.02. The molecule has 1 N–H and O–H groups in total.